The molecule has 0 aromatic heterocycles. The first kappa shape index (κ1) is 12.4. The summed E-state index contributed by atoms with van der Waals surface area (Å²) in [5.41, 5.74) is 1.94. The second-order valence-corrected chi connectivity index (χ2v) is 5.21. The molecule has 1 aliphatic rings. The van der Waals surface area contributed by atoms with Gasteiger partial charge >= 0.3 is 0 Å². The van der Waals surface area contributed by atoms with Gasteiger partial charge in [0, 0.05) is 21.7 Å². The topological polar surface area (TPSA) is 34.1 Å². The maximum absolute atomic E-state index is 12.5. The molecule has 2 aromatic carbocycles. The Morgan fingerprint density at radius 2 is 1.47 bits per heavy atom. The smallest absolute Gasteiger partial charge is 0.196 e. The molecule has 0 aliphatic heterocycles. The first-order valence-electron chi connectivity index (χ1n) is 5.69. The molecule has 0 N–H and O–H groups in total. The Bertz CT molecular complexity index is 748. The highest BCUT2D eigenvalue weighted by Gasteiger charge is 2.32. The lowest BCUT2D eigenvalue weighted by Crippen LogP contribution is -2.21. The van der Waals surface area contributed by atoms with Crippen LogP contribution in [0.2, 0.25) is 10.0 Å². The van der Waals surface area contributed by atoms with Gasteiger partial charge in [-0.05, 0) is 18.6 Å². The zero-order valence-corrected chi connectivity index (χ0v) is 11.5. The molecular weight excluding hydrogens is 283 g/mol. The Morgan fingerprint density at radius 1 is 0.895 bits per heavy atom. The largest absolute Gasteiger partial charge is 0.289 e. The van der Waals surface area contributed by atoms with Crippen LogP contribution in [-0.4, -0.2) is 11.6 Å². The van der Waals surface area contributed by atoms with Crippen molar-refractivity contribution >= 4 is 34.8 Å². The summed E-state index contributed by atoms with van der Waals surface area (Å²) in [5.74, 6) is -0.441. The van der Waals surface area contributed by atoms with Gasteiger partial charge in [-0.25, -0.2) is 0 Å². The summed E-state index contributed by atoms with van der Waals surface area (Å²) in [4.78, 5) is 24.9. The Kier molecular flexibility index (Phi) is 2.73. The molecule has 0 atom stereocenters. The lowest BCUT2D eigenvalue weighted by atomic mass is 9.83. The van der Waals surface area contributed by atoms with Gasteiger partial charge in [0.15, 0.2) is 11.6 Å². The zero-order chi connectivity index (χ0) is 13.7. The molecule has 0 unspecified atom stereocenters. The van der Waals surface area contributed by atoms with Crippen molar-refractivity contribution in [3.63, 3.8) is 0 Å². The van der Waals surface area contributed by atoms with E-state index < -0.39 is 0 Å². The molecule has 0 saturated heterocycles. The van der Waals surface area contributed by atoms with E-state index in [0.29, 0.717) is 21.7 Å². The van der Waals surface area contributed by atoms with E-state index in [-0.39, 0.29) is 27.7 Å². The number of ketones is 2. The fraction of sp³-hybridized carbons (Fsp3) is 0.0667. The predicted molar refractivity (Wildman–Crippen MR) is 74.5 cm³/mol. The van der Waals surface area contributed by atoms with Crippen LogP contribution in [0.15, 0.2) is 30.3 Å². The fourth-order valence-electron chi connectivity index (χ4n) is 2.28. The minimum Gasteiger partial charge on any atom is -0.289 e. The number of benzene rings is 2. The standard InChI is InChI=1S/C15H8Cl2O2/c1-7-11(16)6-10-12(13(7)17)15(19)9-5-3-2-4-8(9)14(10)18/h2-6H,1H3. The molecule has 94 valence electrons. The van der Waals surface area contributed by atoms with Crippen LogP contribution in [-0.2, 0) is 0 Å². The van der Waals surface area contributed by atoms with Gasteiger partial charge < -0.3 is 0 Å². The zero-order valence-electron chi connectivity index (χ0n) is 9.96. The van der Waals surface area contributed by atoms with E-state index in [9.17, 15) is 9.59 Å². The monoisotopic (exact) mass is 290 g/mol. The molecule has 0 radical (unpaired) electrons. The Labute approximate surface area is 120 Å². The van der Waals surface area contributed by atoms with Crippen LogP contribution in [0.5, 0.6) is 0 Å². The van der Waals surface area contributed by atoms with E-state index in [1.807, 2.05) is 0 Å². The first-order valence-corrected chi connectivity index (χ1v) is 6.45. The minimum absolute atomic E-state index is 0.214. The normalized spacial score (nSPS) is 13.2. The molecule has 0 bridgehead atoms. The number of rotatable bonds is 0. The lowest BCUT2D eigenvalue weighted by Gasteiger charge is -2.19. The van der Waals surface area contributed by atoms with Crippen molar-refractivity contribution in [1.82, 2.24) is 0 Å². The Hall–Kier alpha value is -1.64. The highest BCUT2D eigenvalue weighted by molar-refractivity contribution is 6.42. The molecule has 19 heavy (non-hydrogen) atoms. The van der Waals surface area contributed by atoms with E-state index in [0.717, 1.165) is 0 Å². The number of hydrogen-bond donors (Lipinski definition) is 0. The van der Waals surface area contributed by atoms with Crippen LogP contribution < -0.4 is 0 Å². The summed E-state index contributed by atoms with van der Waals surface area (Å²) in [7, 11) is 0. The molecule has 3 rings (SSSR count). The first-order chi connectivity index (χ1) is 9.02. The molecule has 2 nitrogen and oxygen atoms in total. The second kappa shape index (κ2) is 4.19. The quantitative estimate of drug-likeness (QED) is 0.625. The van der Waals surface area contributed by atoms with Gasteiger partial charge in [0.05, 0.1) is 10.6 Å². The summed E-state index contributed by atoms with van der Waals surface area (Å²) in [6.45, 7) is 1.73. The third kappa shape index (κ3) is 1.64. The molecule has 1 aliphatic carbocycles. The van der Waals surface area contributed by atoms with Crippen molar-refractivity contribution in [2.24, 2.45) is 0 Å². The number of hydrogen-bond acceptors (Lipinski definition) is 2. The van der Waals surface area contributed by atoms with Gasteiger partial charge in [-0.3, -0.25) is 9.59 Å². The van der Waals surface area contributed by atoms with E-state index in [1.165, 1.54) is 6.07 Å². The van der Waals surface area contributed by atoms with Gasteiger partial charge in [0.25, 0.3) is 0 Å². The van der Waals surface area contributed by atoms with Crippen molar-refractivity contribution in [1.29, 1.82) is 0 Å². The van der Waals surface area contributed by atoms with Crippen LogP contribution in [0.4, 0.5) is 0 Å². The van der Waals surface area contributed by atoms with Crippen LogP contribution in [0, 0.1) is 6.92 Å². The third-order valence-corrected chi connectivity index (χ3v) is 4.20. The van der Waals surface area contributed by atoms with Crippen molar-refractivity contribution < 1.29 is 9.59 Å². The Morgan fingerprint density at radius 3 is 2.11 bits per heavy atom. The summed E-state index contributed by atoms with van der Waals surface area (Å²) in [6, 6.07) is 8.26. The Balaban J connectivity index is 2.40. The molecule has 0 fully saturated rings. The second-order valence-electron chi connectivity index (χ2n) is 4.42. The maximum Gasteiger partial charge on any atom is 0.196 e. The van der Waals surface area contributed by atoms with Gasteiger partial charge in [-0.15, -0.1) is 0 Å². The maximum atomic E-state index is 12.5. The number of halogens is 2. The van der Waals surface area contributed by atoms with Gasteiger partial charge in [0.1, 0.15) is 0 Å². The van der Waals surface area contributed by atoms with Crippen LogP contribution in [0.3, 0.4) is 0 Å². The summed E-state index contributed by atoms with van der Waals surface area (Å²) in [6.07, 6.45) is 0. The molecule has 0 spiro atoms. The van der Waals surface area contributed by atoms with Gasteiger partial charge in [0.2, 0.25) is 0 Å². The third-order valence-electron chi connectivity index (χ3n) is 3.34. The average molecular weight is 291 g/mol. The highest BCUT2D eigenvalue weighted by atomic mass is 35.5. The summed E-state index contributed by atoms with van der Waals surface area (Å²) >= 11 is 12.2. The average Bonchev–Trinajstić information content (AvgIpc) is 2.42. The summed E-state index contributed by atoms with van der Waals surface area (Å²) in [5, 5.41) is 0.652. The fourth-order valence-corrected chi connectivity index (χ4v) is 2.82. The number of carbonyl (C=O) groups is 2. The molecular formula is C15H8Cl2O2. The SMILES string of the molecule is Cc1c(Cl)cc2c(c1Cl)C(=O)c1ccccc1C2=O. The molecule has 0 heterocycles. The lowest BCUT2D eigenvalue weighted by molar-refractivity contribution is 0.0979. The molecule has 0 amide bonds. The highest BCUT2D eigenvalue weighted by Crippen LogP contribution is 2.36. The molecule has 2 aromatic rings. The van der Waals surface area contributed by atoms with Crippen LogP contribution in [0.25, 0.3) is 0 Å². The number of carbonyl (C=O) groups excluding carboxylic acids is 2. The predicted octanol–water partition coefficient (Wildman–Crippen LogP) is 4.08. The minimum atomic E-state index is -0.227. The van der Waals surface area contributed by atoms with E-state index in [2.05, 4.69) is 0 Å². The van der Waals surface area contributed by atoms with E-state index >= 15 is 0 Å². The number of fused-ring (bicyclic) bond motifs is 2. The van der Waals surface area contributed by atoms with Crippen LogP contribution >= 0.6 is 23.2 Å². The van der Waals surface area contributed by atoms with Crippen molar-refractivity contribution in [3.05, 3.63) is 68.2 Å². The van der Waals surface area contributed by atoms with E-state index in [1.54, 1.807) is 31.2 Å². The van der Waals surface area contributed by atoms with Crippen molar-refractivity contribution in [2.75, 3.05) is 0 Å². The molecule has 0 saturated carbocycles. The van der Waals surface area contributed by atoms with Gasteiger partial charge in [-0.1, -0.05) is 47.5 Å². The van der Waals surface area contributed by atoms with Crippen molar-refractivity contribution in [3.8, 4) is 0 Å². The molecule has 4 heteroatoms. The van der Waals surface area contributed by atoms with E-state index in [4.69, 9.17) is 23.2 Å². The van der Waals surface area contributed by atoms with Crippen LogP contribution in [0.1, 0.15) is 37.4 Å². The van der Waals surface area contributed by atoms with Crippen molar-refractivity contribution in [2.45, 2.75) is 6.92 Å². The summed E-state index contributed by atoms with van der Waals surface area (Å²) < 4.78 is 0. The van der Waals surface area contributed by atoms with Gasteiger partial charge in [-0.2, -0.15) is 0 Å².